The molecule has 1 aromatic heterocycles. The highest BCUT2D eigenvalue weighted by Gasteiger charge is 2.17. The number of aromatic nitrogens is 2. The van der Waals surface area contributed by atoms with Crippen LogP contribution in [-0.2, 0) is 9.53 Å². The van der Waals surface area contributed by atoms with Gasteiger partial charge in [0.1, 0.15) is 11.5 Å². The molecule has 0 radical (unpaired) electrons. The molecule has 0 aliphatic carbocycles. The molecule has 1 heterocycles. The molecule has 0 spiro atoms. The van der Waals surface area contributed by atoms with Crippen LogP contribution in [0.3, 0.4) is 0 Å². The maximum Gasteiger partial charge on any atom is 0.338 e. The zero-order valence-electron chi connectivity index (χ0n) is 23.2. The summed E-state index contributed by atoms with van der Waals surface area (Å²) in [5, 5.41) is 2.82. The average Bonchev–Trinajstić information content (AvgIpc) is 3.01. The van der Waals surface area contributed by atoms with E-state index >= 15 is 0 Å². The molecule has 1 amide bonds. The van der Waals surface area contributed by atoms with Crippen molar-refractivity contribution in [3.05, 3.63) is 102 Å². The van der Waals surface area contributed by atoms with Gasteiger partial charge in [0, 0.05) is 16.8 Å². The number of carbonyl (C=O) groups is 2. The van der Waals surface area contributed by atoms with Crippen molar-refractivity contribution in [1.82, 2.24) is 9.97 Å². The van der Waals surface area contributed by atoms with Crippen LogP contribution in [0.4, 0.5) is 5.69 Å². The lowest BCUT2D eigenvalue weighted by atomic mass is 10.0. The van der Waals surface area contributed by atoms with Crippen LogP contribution >= 0.6 is 0 Å². The summed E-state index contributed by atoms with van der Waals surface area (Å²) in [5.41, 5.74) is 7.00. The van der Waals surface area contributed by atoms with Gasteiger partial charge in [-0.3, -0.25) is 4.79 Å². The van der Waals surface area contributed by atoms with Crippen LogP contribution in [0.5, 0.6) is 11.5 Å². The first-order chi connectivity index (χ1) is 19.9. The Kier molecular flexibility index (Phi) is 7.92. The first-order valence-corrected chi connectivity index (χ1v) is 13.0. The fourth-order valence-corrected chi connectivity index (χ4v) is 4.48. The summed E-state index contributed by atoms with van der Waals surface area (Å²) in [6.45, 7) is 3.40. The van der Waals surface area contributed by atoms with Gasteiger partial charge in [0.05, 0.1) is 42.2 Å². The highest BCUT2D eigenvalue weighted by Crippen LogP contribution is 2.33. The first-order valence-electron chi connectivity index (χ1n) is 13.0. The third-order valence-corrected chi connectivity index (χ3v) is 6.71. The van der Waals surface area contributed by atoms with Crippen molar-refractivity contribution in [2.24, 2.45) is 0 Å². The number of para-hydroxylation sites is 1. The molecule has 0 aliphatic heterocycles. The summed E-state index contributed by atoms with van der Waals surface area (Å²) in [4.78, 5) is 35.2. The molecule has 1 N–H and O–H groups in total. The Hall–Kier alpha value is -5.24. The molecule has 41 heavy (non-hydrogen) atoms. The molecule has 8 nitrogen and oxygen atoms in total. The maximum atomic E-state index is 12.9. The molecule has 0 bridgehead atoms. The summed E-state index contributed by atoms with van der Waals surface area (Å²) >= 11 is 0. The normalized spacial score (nSPS) is 10.7. The average molecular weight is 548 g/mol. The van der Waals surface area contributed by atoms with Crippen molar-refractivity contribution in [2.45, 2.75) is 13.8 Å². The predicted molar refractivity (Wildman–Crippen MR) is 158 cm³/mol. The lowest BCUT2D eigenvalue weighted by Crippen LogP contribution is -2.21. The Bertz CT molecular complexity index is 1710. The van der Waals surface area contributed by atoms with Crippen molar-refractivity contribution in [2.75, 3.05) is 26.1 Å². The van der Waals surface area contributed by atoms with Crippen LogP contribution < -0.4 is 14.8 Å². The second kappa shape index (κ2) is 11.9. The van der Waals surface area contributed by atoms with Gasteiger partial charge in [0.15, 0.2) is 6.61 Å². The summed E-state index contributed by atoms with van der Waals surface area (Å²) < 4.78 is 15.9. The number of carbonyl (C=O) groups excluding carboxylic acids is 2. The van der Waals surface area contributed by atoms with Crippen molar-refractivity contribution in [1.29, 1.82) is 0 Å². The fraction of sp³-hybridized carbons (Fsp3) is 0.152. The SMILES string of the molecule is COc1ccc(-c2nc3ccc(C(=O)OCC(=O)Nc4c(C)cccc4C)cc3nc2-c2ccc(OC)cc2)cc1. The van der Waals surface area contributed by atoms with Crippen LogP contribution in [0, 0.1) is 13.8 Å². The predicted octanol–water partition coefficient (Wildman–Crippen LogP) is 6.39. The lowest BCUT2D eigenvalue weighted by Gasteiger charge is -2.13. The quantitative estimate of drug-likeness (QED) is 0.225. The number of hydrogen-bond acceptors (Lipinski definition) is 7. The Morgan fingerprint density at radius 3 is 1.78 bits per heavy atom. The van der Waals surface area contributed by atoms with Crippen LogP contribution in [-0.4, -0.2) is 42.7 Å². The van der Waals surface area contributed by atoms with Gasteiger partial charge in [-0.2, -0.15) is 0 Å². The van der Waals surface area contributed by atoms with E-state index in [0.29, 0.717) is 28.1 Å². The van der Waals surface area contributed by atoms with Gasteiger partial charge in [-0.05, 0) is 91.7 Å². The van der Waals surface area contributed by atoms with E-state index in [-0.39, 0.29) is 5.56 Å². The summed E-state index contributed by atoms with van der Waals surface area (Å²) in [5.74, 6) is 0.414. The molecular formula is C33H29N3O5. The van der Waals surface area contributed by atoms with Gasteiger partial charge < -0.3 is 19.5 Å². The Labute approximate surface area is 237 Å². The van der Waals surface area contributed by atoms with Crippen LogP contribution in [0.1, 0.15) is 21.5 Å². The van der Waals surface area contributed by atoms with Gasteiger partial charge in [-0.15, -0.1) is 0 Å². The molecule has 0 fully saturated rings. The summed E-state index contributed by atoms with van der Waals surface area (Å²) in [6.07, 6.45) is 0. The molecule has 0 saturated heterocycles. The number of rotatable bonds is 8. The molecule has 0 aliphatic rings. The standard InChI is InChI=1S/C33H29N3O5/c1-20-6-5-7-21(2)30(20)36-29(37)19-41-33(38)24-12-17-27-28(18-24)35-32(23-10-15-26(40-4)16-11-23)31(34-27)22-8-13-25(39-3)14-9-22/h5-18H,19H2,1-4H3,(H,36,37). The molecule has 206 valence electrons. The van der Waals surface area contributed by atoms with Crippen molar-refractivity contribution < 1.29 is 23.8 Å². The molecule has 4 aromatic carbocycles. The number of nitrogens with zero attached hydrogens (tertiary/aromatic N) is 2. The van der Waals surface area contributed by atoms with E-state index in [1.807, 2.05) is 80.6 Å². The number of benzene rings is 4. The minimum Gasteiger partial charge on any atom is -0.497 e. The summed E-state index contributed by atoms with van der Waals surface area (Å²) in [7, 11) is 3.23. The maximum absolute atomic E-state index is 12.9. The van der Waals surface area contributed by atoms with Crippen LogP contribution in [0.25, 0.3) is 33.5 Å². The van der Waals surface area contributed by atoms with E-state index in [1.54, 1.807) is 32.4 Å². The minimum absolute atomic E-state index is 0.268. The van der Waals surface area contributed by atoms with Gasteiger partial charge in [0.2, 0.25) is 0 Å². The van der Waals surface area contributed by atoms with Gasteiger partial charge in [-0.25, -0.2) is 14.8 Å². The second-order valence-electron chi connectivity index (χ2n) is 9.47. The van der Waals surface area contributed by atoms with E-state index in [9.17, 15) is 9.59 Å². The molecule has 0 saturated carbocycles. The zero-order chi connectivity index (χ0) is 28.9. The van der Waals surface area contributed by atoms with Crippen LogP contribution in [0.15, 0.2) is 84.9 Å². The number of anilines is 1. The second-order valence-corrected chi connectivity index (χ2v) is 9.47. The Morgan fingerprint density at radius 1 is 0.707 bits per heavy atom. The zero-order valence-corrected chi connectivity index (χ0v) is 23.2. The number of aryl methyl sites for hydroxylation is 2. The number of fused-ring (bicyclic) bond motifs is 1. The number of amides is 1. The largest absolute Gasteiger partial charge is 0.497 e. The minimum atomic E-state index is -0.629. The van der Waals surface area contributed by atoms with Gasteiger partial charge in [0.25, 0.3) is 5.91 Å². The lowest BCUT2D eigenvalue weighted by molar-refractivity contribution is -0.119. The van der Waals surface area contributed by atoms with Crippen molar-refractivity contribution in [3.63, 3.8) is 0 Å². The third-order valence-electron chi connectivity index (χ3n) is 6.71. The monoisotopic (exact) mass is 547 g/mol. The highest BCUT2D eigenvalue weighted by molar-refractivity contribution is 5.98. The Morgan fingerprint density at radius 2 is 1.24 bits per heavy atom. The summed E-state index contributed by atoms with van der Waals surface area (Å²) in [6, 6.07) is 25.8. The molecule has 0 atom stereocenters. The third kappa shape index (κ3) is 6.01. The van der Waals surface area contributed by atoms with Gasteiger partial charge in [-0.1, -0.05) is 18.2 Å². The first kappa shape index (κ1) is 27.3. The van der Waals surface area contributed by atoms with E-state index in [0.717, 1.165) is 33.8 Å². The van der Waals surface area contributed by atoms with Gasteiger partial charge >= 0.3 is 5.97 Å². The Balaban J connectivity index is 1.43. The van der Waals surface area contributed by atoms with E-state index in [1.165, 1.54) is 0 Å². The van der Waals surface area contributed by atoms with E-state index < -0.39 is 18.5 Å². The fourth-order valence-electron chi connectivity index (χ4n) is 4.48. The highest BCUT2D eigenvalue weighted by atomic mass is 16.5. The molecule has 0 unspecified atom stereocenters. The number of esters is 1. The number of methoxy groups -OCH3 is 2. The van der Waals surface area contributed by atoms with Crippen molar-refractivity contribution in [3.8, 4) is 34.0 Å². The molecule has 5 rings (SSSR count). The number of ether oxygens (including phenoxy) is 3. The number of nitrogens with one attached hydrogen (secondary N) is 1. The van der Waals surface area contributed by atoms with E-state index in [2.05, 4.69) is 5.32 Å². The van der Waals surface area contributed by atoms with Crippen molar-refractivity contribution >= 4 is 28.6 Å². The molecular weight excluding hydrogens is 518 g/mol. The van der Waals surface area contributed by atoms with E-state index in [4.69, 9.17) is 24.2 Å². The van der Waals surface area contributed by atoms with Crippen LogP contribution in [0.2, 0.25) is 0 Å². The topological polar surface area (TPSA) is 99.6 Å². The smallest absolute Gasteiger partial charge is 0.338 e. The molecule has 5 aromatic rings. The number of hydrogen-bond donors (Lipinski definition) is 1. The molecule has 8 heteroatoms.